The number of ether oxygens (including phenoxy) is 1. The Morgan fingerprint density at radius 3 is 3.05 bits per heavy atom. The molecule has 0 amide bonds. The van der Waals surface area contributed by atoms with Crippen molar-refractivity contribution >= 4 is 15.7 Å². The standard InChI is InChI=1S/C12H19N3O3S/c1-18-9-10-3-2-6-15(8-10)19(16,17)12-7-14-5-4-11(12)13/h4-5,7,10H,2-3,6,8-9H2,1H3,(H2,13,14). The summed E-state index contributed by atoms with van der Waals surface area (Å²) in [6, 6.07) is 1.50. The molecule has 7 heteroatoms. The number of piperidine rings is 1. The van der Waals surface area contributed by atoms with Gasteiger partial charge >= 0.3 is 0 Å². The smallest absolute Gasteiger partial charge is 0.246 e. The van der Waals surface area contributed by atoms with Crippen LogP contribution in [0.15, 0.2) is 23.4 Å². The molecule has 1 aliphatic rings. The van der Waals surface area contributed by atoms with E-state index in [4.69, 9.17) is 10.5 Å². The van der Waals surface area contributed by atoms with Crippen molar-refractivity contribution in [1.29, 1.82) is 0 Å². The van der Waals surface area contributed by atoms with E-state index in [0.29, 0.717) is 19.7 Å². The molecule has 0 aromatic carbocycles. The topological polar surface area (TPSA) is 85.5 Å². The van der Waals surface area contributed by atoms with E-state index < -0.39 is 10.0 Å². The third kappa shape index (κ3) is 3.05. The number of hydrogen-bond acceptors (Lipinski definition) is 5. The van der Waals surface area contributed by atoms with Crippen molar-refractivity contribution in [2.75, 3.05) is 32.5 Å². The van der Waals surface area contributed by atoms with Gasteiger partial charge in [-0.2, -0.15) is 4.31 Å². The molecule has 0 spiro atoms. The SMILES string of the molecule is COCC1CCCN(S(=O)(=O)c2cnccc2N)C1. The molecule has 19 heavy (non-hydrogen) atoms. The maximum absolute atomic E-state index is 12.5. The van der Waals surface area contributed by atoms with E-state index in [-0.39, 0.29) is 16.5 Å². The second-order valence-electron chi connectivity index (χ2n) is 4.74. The van der Waals surface area contributed by atoms with Gasteiger partial charge in [0.25, 0.3) is 0 Å². The average Bonchev–Trinajstić information content (AvgIpc) is 2.40. The van der Waals surface area contributed by atoms with Gasteiger partial charge in [0, 0.05) is 32.6 Å². The summed E-state index contributed by atoms with van der Waals surface area (Å²) in [6.45, 7) is 1.58. The number of nitrogens with two attached hydrogens (primary N) is 1. The highest BCUT2D eigenvalue weighted by atomic mass is 32.2. The second-order valence-corrected chi connectivity index (χ2v) is 6.65. The van der Waals surface area contributed by atoms with Crippen LogP contribution in [0.4, 0.5) is 5.69 Å². The Hall–Kier alpha value is -1.18. The van der Waals surface area contributed by atoms with Gasteiger partial charge in [0.1, 0.15) is 4.90 Å². The summed E-state index contributed by atoms with van der Waals surface area (Å²) in [4.78, 5) is 3.94. The van der Waals surface area contributed by atoms with Gasteiger partial charge in [0.15, 0.2) is 0 Å². The highest BCUT2D eigenvalue weighted by Crippen LogP contribution is 2.26. The van der Waals surface area contributed by atoms with E-state index in [2.05, 4.69) is 4.98 Å². The summed E-state index contributed by atoms with van der Waals surface area (Å²) in [5.41, 5.74) is 5.98. The molecule has 1 saturated heterocycles. The van der Waals surface area contributed by atoms with Crippen LogP contribution < -0.4 is 5.73 Å². The Labute approximate surface area is 113 Å². The number of hydrogen-bond donors (Lipinski definition) is 1. The summed E-state index contributed by atoms with van der Waals surface area (Å²) in [5.74, 6) is 0.242. The number of rotatable bonds is 4. The van der Waals surface area contributed by atoms with Crippen molar-refractivity contribution in [2.45, 2.75) is 17.7 Å². The molecular weight excluding hydrogens is 266 g/mol. The molecule has 6 nitrogen and oxygen atoms in total. The van der Waals surface area contributed by atoms with Gasteiger partial charge in [0.05, 0.1) is 12.3 Å². The van der Waals surface area contributed by atoms with E-state index in [1.54, 1.807) is 7.11 Å². The third-order valence-corrected chi connectivity index (χ3v) is 5.23. The fourth-order valence-corrected chi connectivity index (χ4v) is 3.98. The maximum Gasteiger partial charge on any atom is 0.246 e. The first-order valence-corrected chi connectivity index (χ1v) is 7.68. The highest BCUT2D eigenvalue weighted by Gasteiger charge is 2.31. The lowest BCUT2D eigenvalue weighted by molar-refractivity contribution is 0.118. The number of anilines is 1. The Morgan fingerprint density at radius 2 is 2.37 bits per heavy atom. The maximum atomic E-state index is 12.5. The number of methoxy groups -OCH3 is 1. The fourth-order valence-electron chi connectivity index (χ4n) is 2.36. The second kappa shape index (κ2) is 5.85. The van der Waals surface area contributed by atoms with E-state index in [0.717, 1.165) is 12.8 Å². The van der Waals surface area contributed by atoms with Gasteiger partial charge < -0.3 is 10.5 Å². The van der Waals surface area contributed by atoms with Crippen molar-refractivity contribution in [1.82, 2.24) is 9.29 Å². The highest BCUT2D eigenvalue weighted by molar-refractivity contribution is 7.89. The fraction of sp³-hybridized carbons (Fsp3) is 0.583. The van der Waals surface area contributed by atoms with E-state index in [1.807, 2.05) is 0 Å². The van der Waals surface area contributed by atoms with Crippen LogP contribution in [0, 0.1) is 5.92 Å². The number of nitrogen functional groups attached to an aromatic ring is 1. The number of sulfonamides is 1. The predicted octanol–water partition coefficient (Wildman–Crippen LogP) is 0.711. The van der Waals surface area contributed by atoms with Crippen LogP contribution in [0.5, 0.6) is 0 Å². The lowest BCUT2D eigenvalue weighted by Gasteiger charge is -2.31. The molecule has 1 fully saturated rings. The van der Waals surface area contributed by atoms with Gasteiger partial charge in [-0.25, -0.2) is 8.42 Å². The van der Waals surface area contributed by atoms with E-state index >= 15 is 0 Å². The zero-order chi connectivity index (χ0) is 13.9. The minimum atomic E-state index is -3.55. The van der Waals surface area contributed by atoms with Gasteiger partial charge in [-0.05, 0) is 24.8 Å². The summed E-state index contributed by atoms with van der Waals surface area (Å²) in [6.07, 6.45) is 4.62. The first-order chi connectivity index (χ1) is 9.05. The molecule has 2 heterocycles. The van der Waals surface area contributed by atoms with Gasteiger partial charge in [-0.15, -0.1) is 0 Å². The molecule has 0 aliphatic carbocycles. The number of pyridine rings is 1. The van der Waals surface area contributed by atoms with Crippen molar-refractivity contribution < 1.29 is 13.2 Å². The molecule has 1 aromatic heterocycles. The molecule has 2 rings (SSSR count). The summed E-state index contributed by atoms with van der Waals surface area (Å²) in [5, 5.41) is 0. The zero-order valence-corrected chi connectivity index (χ0v) is 11.8. The zero-order valence-electron chi connectivity index (χ0n) is 10.9. The normalized spacial score (nSPS) is 21.4. The average molecular weight is 285 g/mol. The van der Waals surface area contributed by atoms with Crippen molar-refractivity contribution in [3.63, 3.8) is 0 Å². The van der Waals surface area contributed by atoms with Crippen LogP contribution in [0.2, 0.25) is 0 Å². The quantitative estimate of drug-likeness (QED) is 0.880. The molecule has 0 radical (unpaired) electrons. The summed E-state index contributed by atoms with van der Waals surface area (Å²) >= 11 is 0. The van der Waals surface area contributed by atoms with Gasteiger partial charge in [-0.1, -0.05) is 0 Å². The van der Waals surface area contributed by atoms with Crippen LogP contribution in [0.1, 0.15) is 12.8 Å². The Balaban J connectivity index is 2.22. The molecular formula is C12H19N3O3S. The largest absolute Gasteiger partial charge is 0.398 e. The van der Waals surface area contributed by atoms with Gasteiger partial charge in [-0.3, -0.25) is 4.98 Å². The van der Waals surface area contributed by atoms with Crippen LogP contribution in [0.3, 0.4) is 0 Å². The molecule has 1 atom stereocenters. The van der Waals surface area contributed by atoms with Crippen LogP contribution in [0.25, 0.3) is 0 Å². The molecule has 1 unspecified atom stereocenters. The monoisotopic (exact) mass is 285 g/mol. The van der Waals surface area contributed by atoms with Gasteiger partial charge in [0.2, 0.25) is 10.0 Å². The lowest BCUT2D eigenvalue weighted by atomic mass is 10.0. The number of aromatic nitrogens is 1. The minimum Gasteiger partial charge on any atom is -0.398 e. The lowest BCUT2D eigenvalue weighted by Crippen LogP contribution is -2.41. The molecule has 1 aromatic rings. The van der Waals surface area contributed by atoms with Crippen molar-refractivity contribution in [3.05, 3.63) is 18.5 Å². The summed E-state index contributed by atoms with van der Waals surface area (Å²) in [7, 11) is -1.92. The Morgan fingerprint density at radius 1 is 1.58 bits per heavy atom. The third-order valence-electron chi connectivity index (χ3n) is 3.32. The number of nitrogens with zero attached hydrogens (tertiary/aromatic N) is 2. The summed E-state index contributed by atoms with van der Waals surface area (Å²) < 4.78 is 31.6. The first kappa shape index (κ1) is 14.2. The molecule has 2 N–H and O–H groups in total. The van der Waals surface area contributed by atoms with E-state index in [1.165, 1.54) is 22.8 Å². The molecule has 106 valence electrons. The van der Waals surface area contributed by atoms with Crippen molar-refractivity contribution in [2.24, 2.45) is 5.92 Å². The van der Waals surface area contributed by atoms with Crippen molar-refractivity contribution in [3.8, 4) is 0 Å². The minimum absolute atomic E-state index is 0.0908. The van der Waals surface area contributed by atoms with Crippen LogP contribution >= 0.6 is 0 Å². The first-order valence-electron chi connectivity index (χ1n) is 6.24. The van der Waals surface area contributed by atoms with Crippen LogP contribution in [-0.4, -0.2) is 44.5 Å². The molecule has 0 bridgehead atoms. The molecule has 1 aliphatic heterocycles. The molecule has 0 saturated carbocycles. The Kier molecular flexibility index (Phi) is 4.38. The van der Waals surface area contributed by atoms with E-state index in [9.17, 15) is 8.42 Å². The van der Waals surface area contributed by atoms with Crippen LogP contribution in [-0.2, 0) is 14.8 Å². The Bertz CT molecular complexity index is 531. The predicted molar refractivity (Wildman–Crippen MR) is 72.0 cm³/mol.